The zero-order chi connectivity index (χ0) is 16.7. The van der Waals surface area contributed by atoms with Crippen molar-refractivity contribution >= 4 is 40.1 Å². The van der Waals surface area contributed by atoms with Gasteiger partial charge in [-0.15, -0.1) is 12.4 Å². The average Bonchev–Trinajstić information content (AvgIpc) is 2.53. The highest BCUT2D eigenvalue weighted by Gasteiger charge is 2.17. The van der Waals surface area contributed by atoms with Crippen LogP contribution in [0.4, 0.5) is 0 Å². The lowest BCUT2D eigenvalue weighted by Gasteiger charge is -2.22. The van der Waals surface area contributed by atoms with E-state index in [4.69, 9.17) is 0 Å². The van der Waals surface area contributed by atoms with Crippen molar-refractivity contribution < 1.29 is 13.2 Å². The zero-order valence-corrected chi connectivity index (χ0v) is 16.0. The Bertz CT molecular complexity index is 617. The summed E-state index contributed by atoms with van der Waals surface area (Å²) in [4.78, 5) is 12.0. The maximum Gasteiger partial charge on any atom is 0.240 e. The predicted molar refractivity (Wildman–Crippen MR) is 100 cm³/mol. The van der Waals surface area contributed by atoms with Crippen molar-refractivity contribution in [1.82, 2.24) is 15.4 Å². The zero-order valence-electron chi connectivity index (χ0n) is 13.6. The molecule has 24 heavy (non-hydrogen) atoms. The second-order valence-electron chi connectivity index (χ2n) is 5.49. The number of hydrogen-bond donors (Lipinski definition) is 3. The third-order valence-electron chi connectivity index (χ3n) is 3.50. The van der Waals surface area contributed by atoms with E-state index in [1.807, 2.05) is 18.7 Å². The Morgan fingerprint density at radius 2 is 2.00 bits per heavy atom. The largest absolute Gasteiger partial charge is 0.355 e. The number of amides is 1. The topological polar surface area (TPSA) is 87.3 Å². The number of rotatable bonds is 7. The van der Waals surface area contributed by atoms with Crippen LogP contribution in [0.25, 0.3) is 0 Å². The Morgan fingerprint density at radius 3 is 2.62 bits per heavy atom. The van der Waals surface area contributed by atoms with Crippen LogP contribution in [-0.4, -0.2) is 51.5 Å². The Kier molecular flexibility index (Phi) is 9.07. The van der Waals surface area contributed by atoms with Crippen molar-refractivity contribution in [2.75, 3.05) is 31.1 Å². The summed E-state index contributed by atoms with van der Waals surface area (Å²) < 4.78 is 26.6. The van der Waals surface area contributed by atoms with Crippen LogP contribution in [0, 0.1) is 6.92 Å². The maximum absolute atomic E-state index is 12.1. The summed E-state index contributed by atoms with van der Waals surface area (Å²) in [6, 6.07) is 6.86. The summed E-state index contributed by atoms with van der Waals surface area (Å²) in [5.41, 5.74) is 1.01. The molecule has 0 radical (unpaired) electrons. The first kappa shape index (κ1) is 21.2. The molecule has 0 spiro atoms. The van der Waals surface area contributed by atoms with Crippen molar-refractivity contribution in [2.45, 2.75) is 24.3 Å². The molecule has 0 saturated carbocycles. The Labute approximate surface area is 154 Å². The number of carbonyl (C=O) groups excluding carboxylic acids is 1. The molecular formula is C15H24ClN3O3S2. The minimum absolute atomic E-state index is 0. The smallest absolute Gasteiger partial charge is 0.240 e. The van der Waals surface area contributed by atoms with Crippen LogP contribution >= 0.6 is 24.2 Å². The molecule has 136 valence electrons. The Balaban J connectivity index is 0.00000288. The fraction of sp³-hybridized carbons (Fsp3) is 0.533. The molecule has 6 nitrogen and oxygen atoms in total. The van der Waals surface area contributed by atoms with Gasteiger partial charge in [-0.25, -0.2) is 13.1 Å². The summed E-state index contributed by atoms with van der Waals surface area (Å²) in [7, 11) is -3.52. The Morgan fingerprint density at radius 1 is 1.29 bits per heavy atom. The second-order valence-corrected chi connectivity index (χ2v) is 8.41. The number of aryl methyl sites for hydroxylation is 1. The molecule has 1 amide bonds. The van der Waals surface area contributed by atoms with Crippen LogP contribution < -0.4 is 15.4 Å². The highest BCUT2D eigenvalue weighted by molar-refractivity contribution is 7.99. The molecule has 1 atom stereocenters. The molecule has 2 rings (SSSR count). The molecule has 1 saturated heterocycles. The quantitative estimate of drug-likeness (QED) is 0.599. The van der Waals surface area contributed by atoms with E-state index < -0.39 is 10.0 Å². The van der Waals surface area contributed by atoms with Crippen LogP contribution in [-0.2, 0) is 14.8 Å². The third kappa shape index (κ3) is 6.98. The van der Waals surface area contributed by atoms with Crippen LogP contribution in [0.2, 0.25) is 0 Å². The van der Waals surface area contributed by atoms with Gasteiger partial charge in [-0.2, -0.15) is 11.8 Å². The van der Waals surface area contributed by atoms with Crippen molar-refractivity contribution in [3.05, 3.63) is 29.8 Å². The molecule has 9 heteroatoms. The van der Waals surface area contributed by atoms with Crippen molar-refractivity contribution in [3.8, 4) is 0 Å². The summed E-state index contributed by atoms with van der Waals surface area (Å²) in [6.07, 6.45) is 0.428. The van der Waals surface area contributed by atoms with Crippen molar-refractivity contribution in [1.29, 1.82) is 0 Å². The number of thioether (sulfide) groups is 1. The van der Waals surface area contributed by atoms with E-state index in [1.165, 1.54) is 0 Å². The van der Waals surface area contributed by atoms with E-state index in [9.17, 15) is 13.2 Å². The van der Waals surface area contributed by atoms with Gasteiger partial charge in [0.15, 0.2) is 0 Å². The minimum Gasteiger partial charge on any atom is -0.355 e. The molecule has 1 unspecified atom stereocenters. The van der Waals surface area contributed by atoms with Crippen molar-refractivity contribution in [2.24, 2.45) is 0 Å². The van der Waals surface area contributed by atoms with Crippen LogP contribution in [0.5, 0.6) is 0 Å². The average molecular weight is 394 g/mol. The molecule has 0 aliphatic carbocycles. The van der Waals surface area contributed by atoms with E-state index in [0.29, 0.717) is 6.42 Å². The second kappa shape index (κ2) is 10.2. The van der Waals surface area contributed by atoms with E-state index in [2.05, 4.69) is 15.4 Å². The first-order valence-electron chi connectivity index (χ1n) is 7.61. The molecule has 1 aromatic rings. The fourth-order valence-electron chi connectivity index (χ4n) is 2.23. The minimum atomic E-state index is -3.52. The third-order valence-corrected chi connectivity index (χ3v) is 6.11. The molecule has 1 aliphatic rings. The van der Waals surface area contributed by atoms with Crippen LogP contribution in [0.3, 0.4) is 0 Å². The van der Waals surface area contributed by atoms with Gasteiger partial charge in [-0.05, 0) is 19.1 Å². The molecule has 3 N–H and O–H groups in total. The highest BCUT2D eigenvalue weighted by Crippen LogP contribution is 2.10. The standard InChI is InChI=1S/C15H23N3O3S2.ClH/c1-12-2-4-14(5-3-12)23(20,21)18-7-6-17-15(19)10-13-11-22-9-8-16-13;/h2-5,13,16,18H,6-11H2,1H3,(H,17,19);1H. The maximum atomic E-state index is 12.1. The monoisotopic (exact) mass is 393 g/mol. The van der Waals surface area contributed by atoms with E-state index in [-0.39, 0.29) is 42.3 Å². The number of benzene rings is 1. The van der Waals surface area contributed by atoms with E-state index in [0.717, 1.165) is 23.6 Å². The molecule has 1 heterocycles. The number of hydrogen-bond acceptors (Lipinski definition) is 5. The first-order valence-corrected chi connectivity index (χ1v) is 10.3. The van der Waals surface area contributed by atoms with Gasteiger partial charge in [0.05, 0.1) is 4.90 Å². The van der Waals surface area contributed by atoms with Gasteiger partial charge in [-0.3, -0.25) is 4.79 Å². The van der Waals surface area contributed by atoms with Crippen LogP contribution in [0.15, 0.2) is 29.2 Å². The van der Waals surface area contributed by atoms with Gasteiger partial charge in [0.2, 0.25) is 15.9 Å². The molecule has 1 aliphatic heterocycles. The SMILES string of the molecule is Cc1ccc(S(=O)(=O)NCCNC(=O)CC2CSCCN2)cc1.Cl. The van der Waals surface area contributed by atoms with E-state index in [1.54, 1.807) is 24.3 Å². The predicted octanol–water partition coefficient (Wildman–Crippen LogP) is 0.906. The molecule has 0 bridgehead atoms. The van der Waals surface area contributed by atoms with Crippen molar-refractivity contribution in [3.63, 3.8) is 0 Å². The number of halogens is 1. The molecular weight excluding hydrogens is 370 g/mol. The number of nitrogens with one attached hydrogen (secondary N) is 3. The lowest BCUT2D eigenvalue weighted by atomic mass is 10.2. The lowest BCUT2D eigenvalue weighted by molar-refractivity contribution is -0.121. The number of sulfonamides is 1. The van der Waals surface area contributed by atoms with Crippen LogP contribution in [0.1, 0.15) is 12.0 Å². The molecule has 1 fully saturated rings. The van der Waals surface area contributed by atoms with Gasteiger partial charge in [0, 0.05) is 43.6 Å². The molecule has 1 aromatic carbocycles. The van der Waals surface area contributed by atoms with Gasteiger partial charge in [-0.1, -0.05) is 17.7 Å². The summed E-state index contributed by atoms with van der Waals surface area (Å²) >= 11 is 1.84. The van der Waals surface area contributed by atoms with Gasteiger partial charge < -0.3 is 10.6 Å². The summed E-state index contributed by atoms with van der Waals surface area (Å²) in [5, 5.41) is 6.05. The van der Waals surface area contributed by atoms with Gasteiger partial charge in [0.25, 0.3) is 0 Å². The first-order chi connectivity index (χ1) is 11.0. The van der Waals surface area contributed by atoms with E-state index >= 15 is 0 Å². The Hall–Kier alpha value is -0.800. The molecule has 0 aromatic heterocycles. The summed E-state index contributed by atoms with van der Waals surface area (Å²) in [5.74, 6) is 1.96. The van der Waals surface area contributed by atoms with Gasteiger partial charge >= 0.3 is 0 Å². The fourth-order valence-corrected chi connectivity index (χ4v) is 4.22. The lowest BCUT2D eigenvalue weighted by Crippen LogP contribution is -2.42. The number of carbonyl (C=O) groups is 1. The highest BCUT2D eigenvalue weighted by atomic mass is 35.5. The summed E-state index contributed by atoms with van der Waals surface area (Å²) in [6.45, 7) is 3.29. The van der Waals surface area contributed by atoms with Gasteiger partial charge in [0.1, 0.15) is 0 Å². The normalized spacial score (nSPS) is 17.8.